The molecule has 2 aromatic rings. The minimum atomic E-state index is -0.612. The molecule has 1 atom stereocenters. The fourth-order valence-corrected chi connectivity index (χ4v) is 4.77. The third-order valence-electron chi connectivity index (χ3n) is 6.58. The number of rotatable bonds is 5. The number of cyclic esters (lactones) is 1. The molecule has 2 amide bonds. The number of para-hydroxylation sites is 1. The number of ether oxygens (including phenoxy) is 4. The molecule has 0 spiro atoms. The molecule has 34 heavy (non-hydrogen) atoms. The number of nitrogens with zero attached hydrogens (tertiary/aromatic N) is 2. The average Bonchev–Trinajstić information content (AvgIpc) is 3.38. The Balaban J connectivity index is 1.29. The Morgan fingerprint density at radius 2 is 1.91 bits per heavy atom. The number of piperidine rings is 1. The summed E-state index contributed by atoms with van der Waals surface area (Å²) < 4.78 is 36.5. The van der Waals surface area contributed by atoms with Crippen LogP contribution in [0.3, 0.4) is 0 Å². The molecule has 2 saturated heterocycles. The van der Waals surface area contributed by atoms with E-state index in [4.69, 9.17) is 18.9 Å². The molecule has 2 aromatic carbocycles. The SMILES string of the molecule is COc1cc(O[C@@H]2CCOC2)c(F)cc1C(=O)N1CCC(N2C(=O)OCc3ccccc32)CC1. The summed E-state index contributed by atoms with van der Waals surface area (Å²) >= 11 is 0. The smallest absolute Gasteiger partial charge is 0.414 e. The van der Waals surface area contributed by atoms with Crippen LogP contribution in [0.5, 0.6) is 11.5 Å². The second kappa shape index (κ2) is 9.50. The molecule has 3 heterocycles. The molecule has 2 fully saturated rings. The Morgan fingerprint density at radius 3 is 2.65 bits per heavy atom. The molecule has 0 aromatic heterocycles. The van der Waals surface area contributed by atoms with Crippen molar-refractivity contribution in [2.45, 2.75) is 38.0 Å². The summed E-state index contributed by atoms with van der Waals surface area (Å²) in [6.07, 6.45) is 1.28. The van der Waals surface area contributed by atoms with Crippen LogP contribution >= 0.6 is 0 Å². The number of carbonyl (C=O) groups excluding carboxylic acids is 2. The van der Waals surface area contributed by atoms with Crippen LogP contribution in [0.4, 0.5) is 14.9 Å². The zero-order chi connectivity index (χ0) is 23.7. The van der Waals surface area contributed by atoms with Crippen molar-refractivity contribution in [3.63, 3.8) is 0 Å². The van der Waals surface area contributed by atoms with E-state index < -0.39 is 5.82 Å². The number of hydrogen-bond donors (Lipinski definition) is 0. The van der Waals surface area contributed by atoms with Gasteiger partial charge in [-0.1, -0.05) is 18.2 Å². The van der Waals surface area contributed by atoms with Crippen LogP contribution in [0.25, 0.3) is 0 Å². The van der Waals surface area contributed by atoms with Crippen LogP contribution in [0.1, 0.15) is 35.2 Å². The van der Waals surface area contributed by atoms with Gasteiger partial charge in [-0.25, -0.2) is 9.18 Å². The molecule has 0 N–H and O–H groups in total. The van der Waals surface area contributed by atoms with E-state index in [-0.39, 0.29) is 47.8 Å². The van der Waals surface area contributed by atoms with E-state index in [1.54, 1.807) is 9.80 Å². The molecule has 3 aliphatic heterocycles. The molecule has 0 saturated carbocycles. The van der Waals surface area contributed by atoms with Crippen molar-refractivity contribution in [2.75, 3.05) is 38.3 Å². The minimum Gasteiger partial charge on any atom is -0.496 e. The Morgan fingerprint density at radius 1 is 1.12 bits per heavy atom. The van der Waals surface area contributed by atoms with Gasteiger partial charge >= 0.3 is 6.09 Å². The molecule has 0 radical (unpaired) electrons. The first kappa shape index (κ1) is 22.5. The second-order valence-corrected chi connectivity index (χ2v) is 8.66. The summed E-state index contributed by atoms with van der Waals surface area (Å²) in [6, 6.07) is 10.2. The van der Waals surface area contributed by atoms with Crippen LogP contribution < -0.4 is 14.4 Å². The lowest BCUT2D eigenvalue weighted by Crippen LogP contribution is -2.50. The predicted molar refractivity (Wildman–Crippen MR) is 121 cm³/mol. The van der Waals surface area contributed by atoms with Gasteiger partial charge in [-0.05, 0) is 25.0 Å². The van der Waals surface area contributed by atoms with Crippen molar-refractivity contribution in [3.8, 4) is 11.5 Å². The second-order valence-electron chi connectivity index (χ2n) is 8.66. The lowest BCUT2D eigenvalue weighted by molar-refractivity contribution is 0.0704. The summed E-state index contributed by atoms with van der Waals surface area (Å²) in [5, 5.41) is 0. The van der Waals surface area contributed by atoms with Crippen molar-refractivity contribution in [3.05, 3.63) is 53.3 Å². The summed E-state index contributed by atoms with van der Waals surface area (Å²) in [5.74, 6) is -0.619. The van der Waals surface area contributed by atoms with E-state index in [2.05, 4.69) is 0 Å². The van der Waals surface area contributed by atoms with E-state index in [0.29, 0.717) is 45.6 Å². The number of amides is 2. The lowest BCUT2D eigenvalue weighted by atomic mass is 10.00. The maximum Gasteiger partial charge on any atom is 0.414 e. The molecule has 0 unspecified atom stereocenters. The van der Waals surface area contributed by atoms with Gasteiger partial charge in [0.15, 0.2) is 11.6 Å². The number of hydrogen-bond acceptors (Lipinski definition) is 6. The van der Waals surface area contributed by atoms with Crippen molar-refractivity contribution in [2.24, 2.45) is 0 Å². The molecule has 0 bridgehead atoms. The van der Waals surface area contributed by atoms with E-state index in [1.165, 1.54) is 19.2 Å². The normalized spacial score (nSPS) is 20.6. The monoisotopic (exact) mass is 470 g/mol. The van der Waals surface area contributed by atoms with Crippen molar-refractivity contribution >= 4 is 17.7 Å². The maximum absolute atomic E-state index is 14.8. The van der Waals surface area contributed by atoms with Crippen LogP contribution in [0.2, 0.25) is 0 Å². The Bertz CT molecular complexity index is 1080. The van der Waals surface area contributed by atoms with E-state index in [0.717, 1.165) is 11.3 Å². The summed E-state index contributed by atoms with van der Waals surface area (Å²) in [4.78, 5) is 29.1. The largest absolute Gasteiger partial charge is 0.496 e. The fourth-order valence-electron chi connectivity index (χ4n) is 4.77. The molecule has 9 heteroatoms. The number of halogens is 1. The van der Waals surface area contributed by atoms with Gasteiger partial charge in [-0.3, -0.25) is 9.69 Å². The molecular formula is C25H27FN2O6. The quantitative estimate of drug-likeness (QED) is 0.662. The lowest BCUT2D eigenvalue weighted by Gasteiger charge is -2.40. The van der Waals surface area contributed by atoms with Crippen molar-refractivity contribution < 1.29 is 32.9 Å². The number of benzene rings is 2. The highest BCUT2D eigenvalue weighted by Gasteiger charge is 2.35. The Labute approximate surface area is 197 Å². The zero-order valence-electron chi connectivity index (χ0n) is 19.0. The maximum atomic E-state index is 14.8. The highest BCUT2D eigenvalue weighted by atomic mass is 19.1. The van der Waals surface area contributed by atoms with Crippen LogP contribution in [-0.2, 0) is 16.1 Å². The van der Waals surface area contributed by atoms with Gasteiger partial charge in [-0.15, -0.1) is 0 Å². The zero-order valence-corrected chi connectivity index (χ0v) is 19.0. The van der Waals surface area contributed by atoms with E-state index in [9.17, 15) is 14.0 Å². The topological polar surface area (TPSA) is 77.5 Å². The third kappa shape index (κ3) is 4.27. The van der Waals surface area contributed by atoms with E-state index in [1.807, 2.05) is 24.3 Å². The van der Waals surface area contributed by atoms with Gasteiger partial charge < -0.3 is 23.8 Å². The summed E-state index contributed by atoms with van der Waals surface area (Å²) in [6.45, 7) is 2.11. The standard InChI is InChI=1S/C25H27FN2O6/c1-31-22-13-23(34-18-8-11-32-15-18)20(26)12-19(22)24(29)27-9-6-17(7-10-27)28-21-5-3-2-4-16(21)14-33-25(28)30/h2-5,12-13,17-18H,6-11,14-15H2,1H3/t18-/m1/s1. The first-order valence-corrected chi connectivity index (χ1v) is 11.5. The number of methoxy groups -OCH3 is 1. The highest BCUT2D eigenvalue weighted by molar-refractivity contribution is 5.97. The van der Waals surface area contributed by atoms with Crippen LogP contribution in [0, 0.1) is 5.82 Å². The van der Waals surface area contributed by atoms with Gasteiger partial charge in [0.1, 0.15) is 18.5 Å². The Kier molecular flexibility index (Phi) is 6.28. The molecule has 3 aliphatic rings. The summed E-state index contributed by atoms with van der Waals surface area (Å²) in [7, 11) is 1.44. The predicted octanol–water partition coefficient (Wildman–Crippen LogP) is 3.76. The number of likely N-dealkylation sites (tertiary alicyclic amines) is 1. The van der Waals surface area contributed by atoms with Crippen molar-refractivity contribution in [1.82, 2.24) is 4.90 Å². The first-order valence-electron chi connectivity index (χ1n) is 11.5. The Hall–Kier alpha value is -3.33. The average molecular weight is 470 g/mol. The molecular weight excluding hydrogens is 443 g/mol. The van der Waals surface area contributed by atoms with Crippen LogP contribution in [-0.4, -0.2) is 62.5 Å². The van der Waals surface area contributed by atoms with Gasteiger partial charge in [0.2, 0.25) is 0 Å². The number of carbonyl (C=O) groups is 2. The molecule has 5 rings (SSSR count). The first-order chi connectivity index (χ1) is 16.5. The summed E-state index contributed by atoms with van der Waals surface area (Å²) in [5.41, 5.74) is 1.97. The van der Waals surface area contributed by atoms with Crippen LogP contribution in [0.15, 0.2) is 36.4 Å². The highest BCUT2D eigenvalue weighted by Crippen LogP contribution is 2.34. The minimum absolute atomic E-state index is 0.0462. The van der Waals surface area contributed by atoms with E-state index >= 15 is 0 Å². The third-order valence-corrected chi connectivity index (χ3v) is 6.58. The molecule has 180 valence electrons. The number of anilines is 1. The van der Waals surface area contributed by atoms with Gasteiger partial charge in [0.25, 0.3) is 5.91 Å². The molecule has 8 nitrogen and oxygen atoms in total. The van der Waals surface area contributed by atoms with Gasteiger partial charge in [0, 0.05) is 37.2 Å². The van der Waals surface area contributed by atoms with Crippen molar-refractivity contribution in [1.29, 1.82) is 0 Å². The fraction of sp³-hybridized carbons (Fsp3) is 0.440. The molecule has 0 aliphatic carbocycles. The number of fused-ring (bicyclic) bond motifs is 1. The van der Waals surface area contributed by atoms with Gasteiger partial charge in [-0.2, -0.15) is 0 Å². The van der Waals surface area contributed by atoms with Gasteiger partial charge in [0.05, 0.1) is 31.6 Å².